The molecule has 1 unspecified atom stereocenters. The number of piperidine rings is 1. The Labute approximate surface area is 103 Å². The monoisotopic (exact) mass is 232 g/mol. The molecule has 1 heterocycles. The summed E-state index contributed by atoms with van der Waals surface area (Å²) in [4.78, 5) is 15.8. The fourth-order valence-electron chi connectivity index (χ4n) is 2.33. The maximum atomic E-state index is 11.6. The van der Waals surface area contributed by atoms with Crippen LogP contribution in [0.1, 0.15) is 13.3 Å². The Bertz CT molecular complexity index is 397. The van der Waals surface area contributed by atoms with E-state index in [1.165, 1.54) is 5.69 Å². The highest BCUT2D eigenvalue weighted by Gasteiger charge is 2.22. The third-order valence-corrected chi connectivity index (χ3v) is 3.21. The highest BCUT2D eigenvalue weighted by atomic mass is 16.1. The first-order chi connectivity index (χ1) is 8.06. The minimum absolute atomic E-state index is 0.348. The highest BCUT2D eigenvalue weighted by molar-refractivity contribution is 5.85. The molecule has 0 aliphatic carbocycles. The lowest BCUT2D eigenvalue weighted by Gasteiger charge is -2.32. The van der Waals surface area contributed by atoms with Crippen molar-refractivity contribution >= 4 is 17.2 Å². The van der Waals surface area contributed by atoms with Crippen LogP contribution in [-0.4, -0.2) is 33.0 Å². The van der Waals surface area contributed by atoms with Crippen molar-refractivity contribution in [3.05, 3.63) is 24.3 Å². The summed E-state index contributed by atoms with van der Waals surface area (Å²) >= 11 is 0. The first-order valence-electron chi connectivity index (χ1n) is 6.10. The second kappa shape index (κ2) is 4.78. The van der Waals surface area contributed by atoms with Crippen molar-refractivity contribution in [1.29, 1.82) is 0 Å². The summed E-state index contributed by atoms with van der Waals surface area (Å²) in [6, 6.07) is 8.39. The zero-order valence-electron chi connectivity index (χ0n) is 10.8. The lowest BCUT2D eigenvalue weighted by molar-refractivity contribution is -0.119. The number of anilines is 2. The summed E-state index contributed by atoms with van der Waals surface area (Å²) in [5.74, 6) is 0.810. The Hall–Kier alpha value is -1.51. The third kappa shape index (κ3) is 2.78. The van der Waals surface area contributed by atoms with Gasteiger partial charge in [0.1, 0.15) is 0 Å². The van der Waals surface area contributed by atoms with Crippen molar-refractivity contribution in [2.75, 3.05) is 37.0 Å². The Morgan fingerprint density at radius 2 is 1.88 bits per heavy atom. The van der Waals surface area contributed by atoms with E-state index in [-0.39, 0.29) is 0 Å². The summed E-state index contributed by atoms with van der Waals surface area (Å²) in [5.41, 5.74) is 2.33. The van der Waals surface area contributed by atoms with E-state index < -0.39 is 0 Å². The molecule has 1 aromatic rings. The molecule has 2 rings (SSSR count). The second-order valence-electron chi connectivity index (χ2n) is 5.14. The number of hydrogen-bond acceptors (Lipinski definition) is 3. The Morgan fingerprint density at radius 3 is 2.41 bits per heavy atom. The van der Waals surface area contributed by atoms with E-state index in [0.29, 0.717) is 18.2 Å². The summed E-state index contributed by atoms with van der Waals surface area (Å²) in [5, 5.41) is 0. The van der Waals surface area contributed by atoms with Gasteiger partial charge >= 0.3 is 0 Å². The smallest absolute Gasteiger partial charge is 0.152 e. The number of ketones is 1. The lowest BCUT2D eigenvalue weighted by Crippen LogP contribution is -2.39. The Morgan fingerprint density at radius 1 is 1.24 bits per heavy atom. The topological polar surface area (TPSA) is 23.6 Å². The van der Waals surface area contributed by atoms with E-state index in [0.717, 1.165) is 18.7 Å². The number of hydrogen-bond donors (Lipinski definition) is 0. The predicted octanol–water partition coefficient (Wildman–Crippen LogP) is 2.17. The minimum Gasteiger partial charge on any atom is -0.378 e. The molecule has 3 heteroatoms. The van der Waals surface area contributed by atoms with Crippen LogP contribution in [0.5, 0.6) is 0 Å². The summed E-state index contributed by atoms with van der Waals surface area (Å²) in [6.45, 7) is 3.68. The molecule has 1 aliphatic heterocycles. The van der Waals surface area contributed by atoms with Crippen molar-refractivity contribution < 1.29 is 4.79 Å². The lowest BCUT2D eigenvalue weighted by atomic mass is 9.98. The van der Waals surface area contributed by atoms with Crippen molar-refractivity contribution in [3.8, 4) is 0 Å². The fraction of sp³-hybridized carbons (Fsp3) is 0.500. The SMILES string of the molecule is CC1CC(=O)CN(c2ccc(N(C)C)cc2)C1. The van der Waals surface area contributed by atoms with Crippen LogP contribution in [0.3, 0.4) is 0 Å². The van der Waals surface area contributed by atoms with Crippen LogP contribution in [-0.2, 0) is 4.79 Å². The van der Waals surface area contributed by atoms with Gasteiger partial charge in [0.25, 0.3) is 0 Å². The van der Waals surface area contributed by atoms with Crippen LogP contribution in [0.2, 0.25) is 0 Å². The molecule has 1 atom stereocenters. The standard InChI is InChI=1S/C14H20N2O/c1-11-8-14(17)10-16(9-11)13-6-4-12(5-7-13)15(2)3/h4-7,11H,8-10H2,1-3H3. The molecular formula is C14H20N2O. The van der Waals surface area contributed by atoms with Crippen LogP contribution >= 0.6 is 0 Å². The molecule has 0 spiro atoms. The summed E-state index contributed by atoms with van der Waals surface area (Å²) in [6.07, 6.45) is 0.728. The molecular weight excluding hydrogens is 212 g/mol. The van der Waals surface area contributed by atoms with Gasteiger partial charge in [0.05, 0.1) is 6.54 Å². The van der Waals surface area contributed by atoms with E-state index in [1.54, 1.807) is 0 Å². The average Bonchev–Trinajstić information content (AvgIpc) is 2.28. The molecule has 1 saturated heterocycles. The molecule has 17 heavy (non-hydrogen) atoms. The molecule has 0 saturated carbocycles. The van der Waals surface area contributed by atoms with Gasteiger partial charge in [-0.15, -0.1) is 0 Å². The maximum absolute atomic E-state index is 11.6. The normalized spacial score (nSPS) is 20.5. The quantitative estimate of drug-likeness (QED) is 0.780. The molecule has 1 fully saturated rings. The van der Waals surface area contributed by atoms with Gasteiger partial charge in [-0.25, -0.2) is 0 Å². The van der Waals surface area contributed by atoms with Gasteiger partial charge in [0.15, 0.2) is 5.78 Å². The Kier molecular flexibility index (Phi) is 3.36. The van der Waals surface area contributed by atoms with E-state index in [1.807, 2.05) is 14.1 Å². The van der Waals surface area contributed by atoms with Crippen LogP contribution in [0.15, 0.2) is 24.3 Å². The first kappa shape index (κ1) is 12.0. The number of Topliss-reactive ketones (excluding diaryl/α,β-unsaturated/α-hetero) is 1. The van der Waals surface area contributed by atoms with Crippen LogP contribution < -0.4 is 9.80 Å². The minimum atomic E-state index is 0.348. The van der Waals surface area contributed by atoms with Gasteiger partial charge in [0.2, 0.25) is 0 Å². The number of carbonyl (C=O) groups is 1. The average molecular weight is 232 g/mol. The first-order valence-corrected chi connectivity index (χ1v) is 6.10. The molecule has 1 aliphatic rings. The van der Waals surface area contributed by atoms with Crippen LogP contribution in [0.25, 0.3) is 0 Å². The van der Waals surface area contributed by atoms with E-state index in [2.05, 4.69) is 41.0 Å². The zero-order valence-corrected chi connectivity index (χ0v) is 10.8. The zero-order chi connectivity index (χ0) is 12.4. The highest BCUT2D eigenvalue weighted by Crippen LogP contribution is 2.23. The van der Waals surface area contributed by atoms with Gasteiger partial charge < -0.3 is 9.80 Å². The largest absolute Gasteiger partial charge is 0.378 e. The van der Waals surface area contributed by atoms with Gasteiger partial charge in [-0.1, -0.05) is 6.92 Å². The van der Waals surface area contributed by atoms with Crippen molar-refractivity contribution in [3.63, 3.8) is 0 Å². The molecule has 0 aromatic heterocycles. The number of rotatable bonds is 2. The van der Waals surface area contributed by atoms with Gasteiger partial charge in [-0.05, 0) is 30.2 Å². The van der Waals surface area contributed by atoms with E-state index in [9.17, 15) is 4.79 Å². The fourth-order valence-corrected chi connectivity index (χ4v) is 2.33. The van der Waals surface area contributed by atoms with E-state index >= 15 is 0 Å². The molecule has 0 radical (unpaired) electrons. The summed E-state index contributed by atoms with van der Waals surface area (Å²) in [7, 11) is 4.06. The van der Waals surface area contributed by atoms with Gasteiger partial charge in [0, 0.05) is 38.4 Å². The molecule has 0 bridgehead atoms. The molecule has 0 N–H and O–H groups in total. The molecule has 0 amide bonds. The van der Waals surface area contributed by atoms with Crippen molar-refractivity contribution in [1.82, 2.24) is 0 Å². The number of benzene rings is 1. The van der Waals surface area contributed by atoms with Crippen molar-refractivity contribution in [2.24, 2.45) is 5.92 Å². The van der Waals surface area contributed by atoms with Crippen LogP contribution in [0.4, 0.5) is 11.4 Å². The third-order valence-electron chi connectivity index (χ3n) is 3.21. The molecule has 92 valence electrons. The summed E-state index contributed by atoms with van der Waals surface area (Å²) < 4.78 is 0. The second-order valence-corrected chi connectivity index (χ2v) is 5.14. The molecule has 3 nitrogen and oxygen atoms in total. The Balaban J connectivity index is 2.14. The van der Waals surface area contributed by atoms with Crippen LogP contribution in [0, 0.1) is 5.92 Å². The number of nitrogens with zero attached hydrogens (tertiary/aromatic N) is 2. The maximum Gasteiger partial charge on any atom is 0.152 e. The molecule has 1 aromatic carbocycles. The van der Waals surface area contributed by atoms with Gasteiger partial charge in [-0.3, -0.25) is 4.79 Å². The van der Waals surface area contributed by atoms with E-state index in [4.69, 9.17) is 0 Å². The van der Waals surface area contributed by atoms with Gasteiger partial charge in [-0.2, -0.15) is 0 Å². The van der Waals surface area contributed by atoms with Crippen molar-refractivity contribution in [2.45, 2.75) is 13.3 Å². The number of carbonyl (C=O) groups excluding carboxylic acids is 1. The predicted molar refractivity (Wildman–Crippen MR) is 71.8 cm³/mol.